The van der Waals surface area contributed by atoms with Gasteiger partial charge in [0.25, 0.3) is 0 Å². The van der Waals surface area contributed by atoms with Gasteiger partial charge in [0.1, 0.15) is 0 Å². The summed E-state index contributed by atoms with van der Waals surface area (Å²) in [5.41, 5.74) is 7.29. The Morgan fingerprint density at radius 1 is 1.20 bits per heavy atom. The first-order valence-electron chi connectivity index (χ1n) is 9.45. The van der Waals surface area contributed by atoms with E-state index in [2.05, 4.69) is 60.7 Å². The summed E-state index contributed by atoms with van der Waals surface area (Å²) in [5, 5.41) is 7.03. The van der Waals surface area contributed by atoms with Crippen LogP contribution in [0, 0.1) is 5.92 Å². The van der Waals surface area contributed by atoms with Crippen molar-refractivity contribution in [2.45, 2.75) is 51.6 Å². The third-order valence-electron chi connectivity index (χ3n) is 4.85. The maximum absolute atomic E-state index is 6.06. The zero-order valence-corrected chi connectivity index (χ0v) is 15.9. The summed E-state index contributed by atoms with van der Waals surface area (Å²) in [5.74, 6) is 1.20. The number of rotatable bonds is 8. The van der Waals surface area contributed by atoms with Crippen LogP contribution in [0.5, 0.6) is 0 Å². The van der Waals surface area contributed by atoms with Gasteiger partial charge in [-0.2, -0.15) is 0 Å². The fourth-order valence-corrected chi connectivity index (χ4v) is 3.18. The predicted molar refractivity (Wildman–Crippen MR) is 105 cm³/mol. The third-order valence-corrected chi connectivity index (χ3v) is 4.85. The quantitative estimate of drug-likeness (QED) is 0.500. The number of hydrogen-bond donors (Lipinski definition) is 3. The van der Waals surface area contributed by atoms with Gasteiger partial charge in [-0.25, -0.2) is 0 Å². The molecule has 1 aliphatic heterocycles. The summed E-state index contributed by atoms with van der Waals surface area (Å²) in [6, 6.07) is 10.8. The van der Waals surface area contributed by atoms with E-state index in [-0.39, 0.29) is 11.6 Å². The minimum Gasteiger partial charge on any atom is -0.381 e. The summed E-state index contributed by atoms with van der Waals surface area (Å²) in [6.45, 7) is 9.71. The van der Waals surface area contributed by atoms with Gasteiger partial charge < -0.3 is 21.1 Å². The number of hydrogen-bond acceptors (Lipinski definition) is 3. The van der Waals surface area contributed by atoms with Crippen LogP contribution in [0.25, 0.3) is 0 Å². The second-order valence-electron chi connectivity index (χ2n) is 7.48. The van der Waals surface area contributed by atoms with Crippen LogP contribution < -0.4 is 16.4 Å². The zero-order valence-electron chi connectivity index (χ0n) is 15.9. The van der Waals surface area contributed by atoms with Gasteiger partial charge in [0.15, 0.2) is 5.96 Å². The van der Waals surface area contributed by atoms with E-state index in [4.69, 9.17) is 10.5 Å². The zero-order chi connectivity index (χ0) is 18.1. The number of nitrogens with one attached hydrogen (secondary N) is 2. The normalized spacial score (nSPS) is 19.0. The number of aliphatic imine (C=N–C) groups is 1. The number of guanidine groups is 1. The topological polar surface area (TPSA) is 71.7 Å². The highest BCUT2D eigenvalue weighted by molar-refractivity contribution is 5.77. The minimum atomic E-state index is -0.0577. The molecular weight excluding hydrogens is 312 g/mol. The smallest absolute Gasteiger partial charge is 0.188 e. The SMILES string of the molecule is CC(C)CCNC(N)=NCC1(NC(C)c2ccccc2)CCOCC1. The molecule has 1 aromatic rings. The van der Waals surface area contributed by atoms with Crippen molar-refractivity contribution >= 4 is 5.96 Å². The van der Waals surface area contributed by atoms with E-state index in [9.17, 15) is 0 Å². The monoisotopic (exact) mass is 346 g/mol. The molecule has 0 aromatic heterocycles. The molecule has 5 nitrogen and oxygen atoms in total. The van der Waals surface area contributed by atoms with Gasteiger partial charge in [-0.3, -0.25) is 4.99 Å². The van der Waals surface area contributed by atoms with Crippen LogP contribution in [-0.2, 0) is 4.74 Å². The third kappa shape index (κ3) is 6.67. The molecule has 1 atom stereocenters. The van der Waals surface area contributed by atoms with E-state index >= 15 is 0 Å². The summed E-state index contributed by atoms with van der Waals surface area (Å²) in [7, 11) is 0. The fraction of sp³-hybridized carbons (Fsp3) is 0.650. The first-order chi connectivity index (χ1) is 12.0. The van der Waals surface area contributed by atoms with Crippen molar-refractivity contribution in [3.05, 3.63) is 35.9 Å². The van der Waals surface area contributed by atoms with E-state index in [1.54, 1.807) is 0 Å². The van der Waals surface area contributed by atoms with E-state index < -0.39 is 0 Å². The highest BCUT2D eigenvalue weighted by atomic mass is 16.5. The van der Waals surface area contributed by atoms with Crippen molar-refractivity contribution in [1.29, 1.82) is 0 Å². The first-order valence-corrected chi connectivity index (χ1v) is 9.45. The second-order valence-corrected chi connectivity index (χ2v) is 7.48. The Morgan fingerprint density at radius 2 is 1.88 bits per heavy atom. The maximum Gasteiger partial charge on any atom is 0.188 e. The Kier molecular flexibility index (Phi) is 7.72. The van der Waals surface area contributed by atoms with Gasteiger partial charge in [-0.15, -0.1) is 0 Å². The lowest BCUT2D eigenvalue weighted by Gasteiger charge is -2.39. The van der Waals surface area contributed by atoms with Crippen LogP contribution in [0.2, 0.25) is 0 Å². The van der Waals surface area contributed by atoms with E-state index in [1.165, 1.54) is 5.56 Å². The molecule has 1 aliphatic rings. The minimum absolute atomic E-state index is 0.0577. The molecule has 1 aromatic carbocycles. The van der Waals surface area contributed by atoms with Crippen molar-refractivity contribution < 1.29 is 4.74 Å². The summed E-state index contributed by atoms with van der Waals surface area (Å²) in [4.78, 5) is 4.63. The Hall–Kier alpha value is -1.59. The Bertz CT molecular complexity index is 524. The van der Waals surface area contributed by atoms with Crippen LogP contribution in [0.4, 0.5) is 0 Å². The van der Waals surface area contributed by atoms with Gasteiger partial charge in [-0.05, 0) is 37.7 Å². The molecule has 1 saturated heterocycles. The summed E-state index contributed by atoms with van der Waals surface area (Å²) >= 11 is 0. The molecule has 1 unspecified atom stereocenters. The molecule has 1 fully saturated rings. The van der Waals surface area contributed by atoms with Crippen molar-refractivity contribution in [1.82, 2.24) is 10.6 Å². The molecule has 0 amide bonds. The molecule has 2 rings (SSSR count). The van der Waals surface area contributed by atoms with E-state index in [1.807, 2.05) is 6.07 Å². The first kappa shape index (κ1) is 19.7. The lowest BCUT2D eigenvalue weighted by Crippen LogP contribution is -2.53. The molecule has 0 radical (unpaired) electrons. The molecule has 0 aliphatic carbocycles. The van der Waals surface area contributed by atoms with Crippen LogP contribution in [0.1, 0.15) is 51.6 Å². The van der Waals surface area contributed by atoms with Gasteiger partial charge >= 0.3 is 0 Å². The maximum atomic E-state index is 6.06. The molecule has 5 heteroatoms. The predicted octanol–water partition coefficient (Wildman–Crippen LogP) is 2.84. The number of nitrogens with zero attached hydrogens (tertiary/aromatic N) is 1. The lowest BCUT2D eigenvalue weighted by molar-refractivity contribution is 0.0374. The summed E-state index contributed by atoms with van der Waals surface area (Å²) < 4.78 is 5.57. The van der Waals surface area contributed by atoms with Crippen molar-refractivity contribution in [2.75, 3.05) is 26.3 Å². The standard InChI is InChI=1S/C20H34N4O/c1-16(2)9-12-22-19(21)23-15-20(10-13-25-14-11-20)24-17(3)18-7-5-4-6-8-18/h4-8,16-17,24H,9-15H2,1-3H3,(H3,21,22,23). The molecular formula is C20H34N4O. The number of ether oxygens (including phenoxy) is 1. The Balaban J connectivity index is 1.97. The van der Waals surface area contributed by atoms with Crippen LogP contribution >= 0.6 is 0 Å². The number of benzene rings is 1. The largest absolute Gasteiger partial charge is 0.381 e. The van der Waals surface area contributed by atoms with Crippen molar-refractivity contribution in [3.8, 4) is 0 Å². The molecule has 0 spiro atoms. The number of nitrogens with two attached hydrogens (primary N) is 1. The molecule has 25 heavy (non-hydrogen) atoms. The Labute approximate surface area is 152 Å². The average Bonchev–Trinajstić information content (AvgIpc) is 2.61. The van der Waals surface area contributed by atoms with Gasteiger partial charge in [0.05, 0.1) is 6.54 Å². The molecule has 0 saturated carbocycles. The Morgan fingerprint density at radius 3 is 2.52 bits per heavy atom. The fourth-order valence-electron chi connectivity index (χ4n) is 3.18. The van der Waals surface area contributed by atoms with Crippen LogP contribution in [0.3, 0.4) is 0 Å². The van der Waals surface area contributed by atoms with Crippen molar-refractivity contribution in [2.24, 2.45) is 16.6 Å². The lowest BCUT2D eigenvalue weighted by atomic mass is 9.88. The molecule has 1 heterocycles. The average molecular weight is 347 g/mol. The van der Waals surface area contributed by atoms with E-state index in [0.29, 0.717) is 18.4 Å². The van der Waals surface area contributed by atoms with E-state index in [0.717, 1.165) is 39.0 Å². The van der Waals surface area contributed by atoms with Gasteiger partial charge in [-0.1, -0.05) is 44.2 Å². The molecule has 4 N–H and O–H groups in total. The van der Waals surface area contributed by atoms with Gasteiger partial charge in [0, 0.05) is 31.3 Å². The highest BCUT2D eigenvalue weighted by Crippen LogP contribution is 2.25. The summed E-state index contributed by atoms with van der Waals surface area (Å²) in [6.07, 6.45) is 3.00. The van der Waals surface area contributed by atoms with Crippen LogP contribution in [-0.4, -0.2) is 37.8 Å². The molecule has 0 bridgehead atoms. The van der Waals surface area contributed by atoms with Gasteiger partial charge in [0.2, 0.25) is 0 Å². The van der Waals surface area contributed by atoms with Crippen LogP contribution in [0.15, 0.2) is 35.3 Å². The second kappa shape index (κ2) is 9.78. The highest BCUT2D eigenvalue weighted by Gasteiger charge is 2.33. The molecule has 140 valence electrons. The van der Waals surface area contributed by atoms with Crippen molar-refractivity contribution in [3.63, 3.8) is 0 Å².